The van der Waals surface area contributed by atoms with Gasteiger partial charge in [0.1, 0.15) is 12.4 Å². The molecule has 1 aromatic heterocycles. The highest BCUT2D eigenvalue weighted by Gasteiger charge is 2.29. The Bertz CT molecular complexity index is 847. The number of halogens is 3. The van der Waals surface area contributed by atoms with Crippen molar-refractivity contribution in [3.05, 3.63) is 63.3 Å². The van der Waals surface area contributed by atoms with Gasteiger partial charge in [0.05, 0.1) is 10.3 Å². The van der Waals surface area contributed by atoms with Gasteiger partial charge < -0.3 is 9.15 Å². The van der Waals surface area contributed by atoms with Gasteiger partial charge in [0, 0.05) is 6.07 Å². The summed E-state index contributed by atoms with van der Waals surface area (Å²) >= 11 is 0.995. The van der Waals surface area contributed by atoms with Gasteiger partial charge in [-0.15, -0.1) is 0 Å². The molecule has 0 aliphatic heterocycles. The predicted molar refractivity (Wildman–Crippen MR) is 76.1 cm³/mol. The molecule has 0 spiro atoms. The molecule has 2 aromatic carbocycles. The molecule has 0 radical (unpaired) electrons. The normalized spacial score (nSPS) is 11.8. The van der Waals surface area contributed by atoms with E-state index in [4.69, 9.17) is 9.15 Å². The van der Waals surface area contributed by atoms with E-state index in [0.717, 1.165) is 23.5 Å². The smallest absolute Gasteiger partial charge is 0.416 e. The number of rotatable bonds is 3. The van der Waals surface area contributed by atoms with Crippen LogP contribution < -0.4 is 9.68 Å². The van der Waals surface area contributed by atoms with E-state index in [1.807, 2.05) is 0 Å². The van der Waals surface area contributed by atoms with Crippen LogP contribution in [0.2, 0.25) is 0 Å². The highest BCUT2D eigenvalue weighted by atomic mass is 32.1. The minimum absolute atomic E-state index is 0.123. The molecule has 0 amide bonds. The molecule has 3 rings (SSSR count). The molecular formula is C15H9F3O3S. The second-order valence-electron chi connectivity index (χ2n) is 4.55. The van der Waals surface area contributed by atoms with Crippen molar-refractivity contribution in [3.8, 4) is 5.75 Å². The summed E-state index contributed by atoms with van der Waals surface area (Å²) in [6.45, 7) is 0.123. The first-order valence-corrected chi connectivity index (χ1v) is 7.06. The van der Waals surface area contributed by atoms with Crippen LogP contribution in [0.3, 0.4) is 0 Å². The quantitative estimate of drug-likeness (QED) is 0.714. The van der Waals surface area contributed by atoms with Crippen LogP contribution in [-0.2, 0) is 12.8 Å². The van der Waals surface area contributed by atoms with Crippen molar-refractivity contribution >= 4 is 21.6 Å². The lowest BCUT2D eigenvalue weighted by Gasteiger charge is -2.09. The average molecular weight is 326 g/mol. The molecule has 0 fully saturated rings. The Morgan fingerprint density at radius 1 is 1.09 bits per heavy atom. The molecule has 3 aromatic rings. The lowest BCUT2D eigenvalue weighted by Crippen LogP contribution is -2.05. The van der Waals surface area contributed by atoms with Crippen molar-refractivity contribution in [1.82, 2.24) is 0 Å². The second kappa shape index (κ2) is 5.49. The van der Waals surface area contributed by atoms with Crippen molar-refractivity contribution in [2.75, 3.05) is 0 Å². The Balaban J connectivity index is 1.72. The van der Waals surface area contributed by atoms with E-state index in [-0.39, 0.29) is 6.61 Å². The van der Waals surface area contributed by atoms with Crippen LogP contribution in [-0.4, -0.2) is 0 Å². The fraction of sp³-hybridized carbons (Fsp3) is 0.133. The topological polar surface area (TPSA) is 39.4 Å². The van der Waals surface area contributed by atoms with Crippen molar-refractivity contribution in [2.24, 2.45) is 0 Å². The first kappa shape index (κ1) is 14.6. The van der Waals surface area contributed by atoms with E-state index < -0.39 is 16.7 Å². The van der Waals surface area contributed by atoms with E-state index in [0.29, 0.717) is 21.6 Å². The number of benzene rings is 2. The average Bonchev–Trinajstić information content (AvgIpc) is 2.84. The highest BCUT2D eigenvalue weighted by molar-refractivity contribution is 7.16. The maximum Gasteiger partial charge on any atom is 0.416 e. The van der Waals surface area contributed by atoms with E-state index >= 15 is 0 Å². The number of hydrogen-bond donors (Lipinski definition) is 0. The summed E-state index contributed by atoms with van der Waals surface area (Å²) in [6.07, 6.45) is -4.35. The largest absolute Gasteiger partial charge is 0.489 e. The third kappa shape index (κ3) is 3.14. The van der Waals surface area contributed by atoms with Crippen LogP contribution >= 0.6 is 11.3 Å². The molecule has 0 atom stereocenters. The number of fused-ring (bicyclic) bond motifs is 1. The summed E-state index contributed by atoms with van der Waals surface area (Å²) in [7, 11) is 0. The van der Waals surface area contributed by atoms with Gasteiger partial charge in [-0.05, 0) is 29.8 Å². The second-order valence-corrected chi connectivity index (χ2v) is 5.52. The minimum atomic E-state index is -4.35. The molecule has 0 aliphatic rings. The van der Waals surface area contributed by atoms with Gasteiger partial charge in [0.15, 0.2) is 5.58 Å². The number of ether oxygens (including phenoxy) is 1. The molecule has 114 valence electrons. The van der Waals surface area contributed by atoms with Gasteiger partial charge >= 0.3 is 11.1 Å². The SMILES string of the molecule is O=c1oc2cc(OCc3ccc(C(F)(F)F)cc3)ccc2s1. The summed E-state index contributed by atoms with van der Waals surface area (Å²) < 4.78 is 48.5. The zero-order chi connectivity index (χ0) is 15.7. The summed E-state index contributed by atoms with van der Waals surface area (Å²) in [6, 6.07) is 9.72. The zero-order valence-electron chi connectivity index (χ0n) is 11.0. The van der Waals surface area contributed by atoms with Crippen LogP contribution in [0.15, 0.2) is 51.7 Å². The van der Waals surface area contributed by atoms with Crippen molar-refractivity contribution in [1.29, 1.82) is 0 Å². The third-order valence-electron chi connectivity index (χ3n) is 2.99. The molecule has 3 nitrogen and oxygen atoms in total. The Hall–Kier alpha value is -2.28. The van der Waals surface area contributed by atoms with E-state index in [2.05, 4.69) is 0 Å². The minimum Gasteiger partial charge on any atom is -0.489 e. The molecule has 0 unspecified atom stereocenters. The molecule has 1 heterocycles. The molecule has 22 heavy (non-hydrogen) atoms. The third-order valence-corrected chi connectivity index (χ3v) is 3.80. The standard InChI is InChI=1S/C15H9F3O3S/c16-15(17,18)10-3-1-9(2-4-10)8-20-11-5-6-13-12(7-11)21-14(19)22-13/h1-7H,8H2. The molecular weight excluding hydrogens is 317 g/mol. The molecule has 0 bridgehead atoms. The molecule has 0 aliphatic carbocycles. The summed E-state index contributed by atoms with van der Waals surface area (Å²) in [4.78, 5) is 10.7. The van der Waals surface area contributed by atoms with E-state index in [1.165, 1.54) is 12.1 Å². The summed E-state index contributed by atoms with van der Waals surface area (Å²) in [5.74, 6) is 0.481. The predicted octanol–water partition coefficient (Wildman–Crippen LogP) is 4.45. The Morgan fingerprint density at radius 3 is 2.50 bits per heavy atom. The van der Waals surface area contributed by atoms with Crippen LogP contribution in [0.1, 0.15) is 11.1 Å². The maximum absolute atomic E-state index is 12.5. The van der Waals surface area contributed by atoms with Crippen molar-refractivity contribution < 1.29 is 22.3 Å². The fourth-order valence-corrected chi connectivity index (χ4v) is 2.55. The van der Waals surface area contributed by atoms with Gasteiger partial charge in [-0.3, -0.25) is 0 Å². The van der Waals surface area contributed by atoms with Crippen LogP contribution in [0, 0.1) is 0 Å². The molecule has 0 N–H and O–H groups in total. The van der Waals surface area contributed by atoms with Crippen LogP contribution in [0.25, 0.3) is 10.3 Å². The van der Waals surface area contributed by atoms with Crippen LogP contribution in [0.4, 0.5) is 13.2 Å². The van der Waals surface area contributed by atoms with Crippen molar-refractivity contribution in [2.45, 2.75) is 12.8 Å². The lowest BCUT2D eigenvalue weighted by molar-refractivity contribution is -0.137. The zero-order valence-corrected chi connectivity index (χ0v) is 11.8. The summed E-state index contributed by atoms with van der Waals surface area (Å²) in [5, 5.41) is 0. The van der Waals surface area contributed by atoms with Gasteiger partial charge in [-0.25, -0.2) is 4.79 Å². The Labute approximate surface area is 126 Å². The molecule has 0 saturated carbocycles. The van der Waals surface area contributed by atoms with E-state index in [1.54, 1.807) is 18.2 Å². The van der Waals surface area contributed by atoms with Crippen LogP contribution in [0.5, 0.6) is 5.75 Å². The van der Waals surface area contributed by atoms with Gasteiger partial charge in [-0.2, -0.15) is 13.2 Å². The Kier molecular flexibility index (Phi) is 3.66. The molecule has 7 heteroatoms. The van der Waals surface area contributed by atoms with Crippen molar-refractivity contribution in [3.63, 3.8) is 0 Å². The highest BCUT2D eigenvalue weighted by Crippen LogP contribution is 2.29. The lowest BCUT2D eigenvalue weighted by atomic mass is 10.1. The Morgan fingerprint density at radius 2 is 1.82 bits per heavy atom. The van der Waals surface area contributed by atoms with E-state index in [9.17, 15) is 18.0 Å². The monoisotopic (exact) mass is 326 g/mol. The number of alkyl halides is 3. The fourth-order valence-electron chi connectivity index (χ4n) is 1.90. The molecule has 0 saturated heterocycles. The number of hydrogen-bond acceptors (Lipinski definition) is 4. The maximum atomic E-state index is 12.5. The van der Waals surface area contributed by atoms with Gasteiger partial charge in [0.2, 0.25) is 0 Å². The first-order chi connectivity index (χ1) is 10.4. The summed E-state index contributed by atoms with van der Waals surface area (Å²) in [5.41, 5.74) is 0.345. The van der Waals surface area contributed by atoms with Gasteiger partial charge in [-0.1, -0.05) is 23.5 Å². The van der Waals surface area contributed by atoms with Gasteiger partial charge in [0.25, 0.3) is 0 Å². The first-order valence-electron chi connectivity index (χ1n) is 6.24.